The van der Waals surface area contributed by atoms with Crippen LogP contribution in [0.1, 0.15) is 12.5 Å². The summed E-state index contributed by atoms with van der Waals surface area (Å²) in [4.78, 5) is -0.183. The first-order valence-electron chi connectivity index (χ1n) is 4.29. The van der Waals surface area contributed by atoms with Gasteiger partial charge in [0.1, 0.15) is 10.1 Å². The quantitative estimate of drug-likeness (QED) is 0.749. The highest BCUT2D eigenvalue weighted by atomic mass is 32.2. The summed E-state index contributed by atoms with van der Waals surface area (Å²) in [5, 5.41) is 3.10. The van der Waals surface area contributed by atoms with Crippen LogP contribution >= 0.6 is 0 Å². The molecule has 1 aromatic carbocycles. The van der Waals surface area contributed by atoms with Crippen molar-refractivity contribution in [2.75, 3.05) is 6.54 Å². The Morgan fingerprint density at radius 2 is 1.86 bits per heavy atom. The fraction of sp³-hybridized carbons (Fsp3) is 0.333. The summed E-state index contributed by atoms with van der Waals surface area (Å²) in [5.41, 5.74) is 0.958. The monoisotopic (exact) mass is 214 g/mol. The minimum Gasteiger partial charge on any atom is -0.744 e. The average Bonchev–Trinajstić information content (AvgIpc) is 2.14. The maximum absolute atomic E-state index is 10.6. The van der Waals surface area contributed by atoms with E-state index < -0.39 is 10.1 Å². The second-order valence-corrected chi connectivity index (χ2v) is 4.26. The van der Waals surface area contributed by atoms with Crippen LogP contribution < -0.4 is 5.32 Å². The van der Waals surface area contributed by atoms with Crippen LogP contribution in [0.3, 0.4) is 0 Å². The molecule has 5 heteroatoms. The molecule has 0 aliphatic heterocycles. The number of hydrogen-bond donors (Lipinski definition) is 1. The smallest absolute Gasteiger partial charge is 0.124 e. The van der Waals surface area contributed by atoms with E-state index in [9.17, 15) is 13.0 Å². The number of nitrogens with one attached hydrogen (secondary N) is 1. The molecule has 0 bridgehead atoms. The van der Waals surface area contributed by atoms with Crippen molar-refractivity contribution in [2.45, 2.75) is 18.4 Å². The van der Waals surface area contributed by atoms with Gasteiger partial charge in [0.2, 0.25) is 0 Å². The Morgan fingerprint density at radius 3 is 2.29 bits per heavy atom. The molecule has 0 aliphatic rings. The molecule has 0 atom stereocenters. The summed E-state index contributed by atoms with van der Waals surface area (Å²) in [7, 11) is -4.31. The third-order valence-corrected chi connectivity index (χ3v) is 2.64. The molecule has 4 nitrogen and oxygen atoms in total. The van der Waals surface area contributed by atoms with Crippen LogP contribution in [-0.4, -0.2) is 19.5 Å². The first-order chi connectivity index (χ1) is 6.54. The molecule has 0 saturated heterocycles. The zero-order chi connectivity index (χ0) is 10.6. The highest BCUT2D eigenvalue weighted by Gasteiger charge is 1.99. The lowest BCUT2D eigenvalue weighted by molar-refractivity contribution is 0.463. The van der Waals surface area contributed by atoms with Crippen LogP contribution in [0, 0.1) is 0 Å². The van der Waals surface area contributed by atoms with Crippen molar-refractivity contribution in [3.63, 3.8) is 0 Å². The van der Waals surface area contributed by atoms with E-state index >= 15 is 0 Å². The zero-order valence-corrected chi connectivity index (χ0v) is 8.67. The molecule has 0 amide bonds. The molecule has 0 aromatic heterocycles. The fourth-order valence-electron chi connectivity index (χ4n) is 1.04. The van der Waals surface area contributed by atoms with Gasteiger partial charge in [-0.2, -0.15) is 0 Å². The lowest BCUT2D eigenvalue weighted by Crippen LogP contribution is -2.11. The lowest BCUT2D eigenvalue weighted by Gasteiger charge is -2.07. The van der Waals surface area contributed by atoms with Crippen LogP contribution in [0.4, 0.5) is 0 Å². The highest BCUT2D eigenvalue weighted by molar-refractivity contribution is 7.85. The van der Waals surface area contributed by atoms with Crippen molar-refractivity contribution in [2.24, 2.45) is 0 Å². The Balaban J connectivity index is 2.79. The Labute approximate surface area is 83.7 Å². The first-order valence-corrected chi connectivity index (χ1v) is 5.70. The summed E-state index contributed by atoms with van der Waals surface area (Å²) < 4.78 is 31.8. The van der Waals surface area contributed by atoms with Gasteiger partial charge in [0.25, 0.3) is 0 Å². The molecule has 0 aliphatic carbocycles. The van der Waals surface area contributed by atoms with E-state index in [0.29, 0.717) is 6.54 Å². The number of hydrogen-bond acceptors (Lipinski definition) is 4. The predicted molar refractivity (Wildman–Crippen MR) is 51.8 cm³/mol. The van der Waals surface area contributed by atoms with Gasteiger partial charge in [0, 0.05) is 6.54 Å². The third kappa shape index (κ3) is 3.10. The van der Waals surface area contributed by atoms with Gasteiger partial charge in [-0.3, -0.25) is 0 Å². The Bertz CT molecular complexity index is 383. The van der Waals surface area contributed by atoms with Gasteiger partial charge >= 0.3 is 0 Å². The van der Waals surface area contributed by atoms with Crippen LogP contribution in [0.15, 0.2) is 29.2 Å². The van der Waals surface area contributed by atoms with Gasteiger partial charge < -0.3 is 9.87 Å². The zero-order valence-electron chi connectivity index (χ0n) is 7.86. The van der Waals surface area contributed by atoms with Crippen LogP contribution in [0.2, 0.25) is 0 Å². The second kappa shape index (κ2) is 4.54. The topological polar surface area (TPSA) is 69.2 Å². The molecule has 0 saturated carbocycles. The average molecular weight is 214 g/mol. The van der Waals surface area contributed by atoms with Gasteiger partial charge in [-0.25, -0.2) is 8.42 Å². The molecule has 78 valence electrons. The molecular formula is C9H12NO3S-. The molecule has 1 N–H and O–H groups in total. The van der Waals surface area contributed by atoms with Gasteiger partial charge in [-0.15, -0.1) is 0 Å². The number of rotatable bonds is 4. The van der Waals surface area contributed by atoms with Crippen LogP contribution in [-0.2, 0) is 16.7 Å². The van der Waals surface area contributed by atoms with Gasteiger partial charge in [0.05, 0.1) is 4.90 Å². The summed E-state index contributed by atoms with van der Waals surface area (Å²) in [6.07, 6.45) is 0. The van der Waals surface area contributed by atoms with Crippen molar-refractivity contribution in [1.82, 2.24) is 5.32 Å². The van der Waals surface area contributed by atoms with Crippen molar-refractivity contribution < 1.29 is 13.0 Å². The number of benzene rings is 1. The Hall–Kier alpha value is -0.910. The second-order valence-electron chi connectivity index (χ2n) is 2.88. The van der Waals surface area contributed by atoms with Gasteiger partial charge in [-0.05, 0) is 24.2 Å². The predicted octanol–water partition coefficient (Wildman–Crippen LogP) is 0.700. The summed E-state index contributed by atoms with van der Waals surface area (Å²) in [6, 6.07) is 5.92. The minimum atomic E-state index is -4.31. The molecule has 1 rings (SSSR count). The van der Waals surface area contributed by atoms with E-state index in [0.717, 1.165) is 12.1 Å². The molecule has 14 heavy (non-hydrogen) atoms. The largest absolute Gasteiger partial charge is 0.744 e. The lowest BCUT2D eigenvalue weighted by atomic mass is 10.2. The highest BCUT2D eigenvalue weighted by Crippen LogP contribution is 2.09. The van der Waals surface area contributed by atoms with Gasteiger partial charge in [-0.1, -0.05) is 19.1 Å². The van der Waals surface area contributed by atoms with E-state index in [4.69, 9.17) is 0 Å². The van der Waals surface area contributed by atoms with Crippen molar-refractivity contribution >= 4 is 10.1 Å². The van der Waals surface area contributed by atoms with Crippen molar-refractivity contribution in [3.8, 4) is 0 Å². The molecule has 1 aromatic rings. The van der Waals surface area contributed by atoms with E-state index in [1.165, 1.54) is 12.1 Å². The third-order valence-electron chi connectivity index (χ3n) is 1.79. The van der Waals surface area contributed by atoms with Crippen molar-refractivity contribution in [1.29, 1.82) is 0 Å². The van der Waals surface area contributed by atoms with Crippen LogP contribution in [0.25, 0.3) is 0 Å². The molecular weight excluding hydrogens is 202 g/mol. The normalized spacial score (nSPS) is 11.6. The van der Waals surface area contributed by atoms with Crippen molar-refractivity contribution in [3.05, 3.63) is 29.8 Å². The molecule has 0 spiro atoms. The van der Waals surface area contributed by atoms with E-state index in [1.807, 2.05) is 6.92 Å². The van der Waals surface area contributed by atoms with E-state index in [2.05, 4.69) is 5.32 Å². The Kier molecular flexibility index (Phi) is 3.62. The standard InChI is InChI=1S/C9H13NO3S/c1-2-10-7-8-3-5-9(6-4-8)14(11,12)13/h3-6,10H,2,7H2,1H3,(H,11,12,13)/p-1. The van der Waals surface area contributed by atoms with E-state index in [-0.39, 0.29) is 4.90 Å². The minimum absolute atomic E-state index is 0.183. The molecule has 0 fully saturated rings. The summed E-state index contributed by atoms with van der Waals surface area (Å²) in [6.45, 7) is 3.51. The molecule has 0 heterocycles. The van der Waals surface area contributed by atoms with E-state index in [1.54, 1.807) is 12.1 Å². The Morgan fingerprint density at radius 1 is 1.29 bits per heavy atom. The first kappa shape index (κ1) is 11.2. The molecule has 0 radical (unpaired) electrons. The van der Waals surface area contributed by atoms with Gasteiger partial charge in [0.15, 0.2) is 0 Å². The summed E-state index contributed by atoms with van der Waals surface area (Å²) in [5.74, 6) is 0. The maximum atomic E-state index is 10.6. The fourth-order valence-corrected chi connectivity index (χ4v) is 1.51. The maximum Gasteiger partial charge on any atom is 0.124 e. The summed E-state index contributed by atoms with van der Waals surface area (Å²) >= 11 is 0. The molecule has 0 unspecified atom stereocenters. The SMILES string of the molecule is CCNCc1ccc(S(=O)(=O)[O-])cc1. The van der Waals surface area contributed by atoms with Crippen LogP contribution in [0.5, 0.6) is 0 Å².